The molecule has 2 heteroatoms. The van der Waals surface area contributed by atoms with E-state index in [4.69, 9.17) is 4.42 Å². The number of fused-ring (bicyclic) bond motifs is 3. The van der Waals surface area contributed by atoms with Crippen molar-refractivity contribution >= 4 is 39.0 Å². The first-order chi connectivity index (χ1) is 25.8. The van der Waals surface area contributed by atoms with Crippen LogP contribution >= 0.6 is 0 Å². The molecule has 248 valence electrons. The summed E-state index contributed by atoms with van der Waals surface area (Å²) in [6.45, 7) is 0. The molecule has 0 radical (unpaired) electrons. The maximum Gasteiger partial charge on any atom is 0.137 e. The van der Waals surface area contributed by atoms with E-state index >= 15 is 0 Å². The summed E-state index contributed by atoms with van der Waals surface area (Å²) in [4.78, 5) is 2.43. The normalized spacial score (nSPS) is 11.2. The van der Waals surface area contributed by atoms with Crippen molar-refractivity contribution in [1.29, 1.82) is 0 Å². The molecule has 0 spiro atoms. The van der Waals surface area contributed by atoms with Crippen molar-refractivity contribution in [2.24, 2.45) is 0 Å². The van der Waals surface area contributed by atoms with E-state index in [0.29, 0.717) is 0 Å². The molecule has 9 aromatic rings. The summed E-state index contributed by atoms with van der Waals surface area (Å²) < 4.78 is 6.44. The van der Waals surface area contributed by atoms with Gasteiger partial charge in [-0.1, -0.05) is 164 Å². The van der Waals surface area contributed by atoms with Gasteiger partial charge in [0, 0.05) is 16.6 Å². The average molecular weight is 668 g/mol. The van der Waals surface area contributed by atoms with E-state index in [-0.39, 0.29) is 0 Å². The summed E-state index contributed by atoms with van der Waals surface area (Å²) in [7, 11) is 0. The number of anilines is 3. The largest absolute Gasteiger partial charge is 0.456 e. The first kappa shape index (κ1) is 31.3. The second-order valence-electron chi connectivity index (χ2n) is 13.3. The molecule has 0 unspecified atom stereocenters. The topological polar surface area (TPSA) is 16.4 Å². The summed E-state index contributed by atoms with van der Waals surface area (Å²) in [5.74, 6) is 0. The molecule has 0 amide bonds. The molecule has 0 aliphatic carbocycles. The van der Waals surface area contributed by atoms with Crippen molar-refractivity contribution < 1.29 is 4.42 Å². The molecule has 0 bridgehead atoms. The summed E-state index contributed by atoms with van der Waals surface area (Å²) >= 11 is 0. The Morgan fingerprint density at radius 2 is 0.942 bits per heavy atom. The quantitative estimate of drug-likeness (QED) is 0.152. The predicted octanol–water partition coefficient (Wildman–Crippen LogP) is 13.6. The van der Waals surface area contributed by atoms with Gasteiger partial charge in [0.05, 0.1) is 16.8 Å². The lowest BCUT2D eigenvalue weighted by Gasteiger charge is -2.29. The van der Waals surface area contributed by atoms with Crippen LogP contribution in [-0.4, -0.2) is 0 Å². The second kappa shape index (κ2) is 13.9. The minimum Gasteiger partial charge on any atom is -0.456 e. The van der Waals surface area contributed by atoms with Gasteiger partial charge in [-0.15, -0.1) is 0 Å². The molecule has 2 nitrogen and oxygen atoms in total. The minimum absolute atomic E-state index is 0.802. The first-order valence-electron chi connectivity index (χ1n) is 17.9. The van der Waals surface area contributed by atoms with Crippen molar-refractivity contribution in [3.8, 4) is 22.3 Å². The Morgan fingerprint density at radius 3 is 1.71 bits per heavy atom. The lowest BCUT2D eigenvalue weighted by Crippen LogP contribution is -2.12. The van der Waals surface area contributed by atoms with E-state index in [0.717, 1.165) is 57.4 Å². The van der Waals surface area contributed by atoms with Gasteiger partial charge in [0.1, 0.15) is 11.2 Å². The van der Waals surface area contributed by atoms with Gasteiger partial charge in [0.25, 0.3) is 0 Å². The molecule has 8 aromatic carbocycles. The first-order valence-corrected chi connectivity index (χ1v) is 17.9. The van der Waals surface area contributed by atoms with Gasteiger partial charge in [0.15, 0.2) is 0 Å². The van der Waals surface area contributed by atoms with Crippen LogP contribution in [0.5, 0.6) is 0 Å². The van der Waals surface area contributed by atoms with E-state index in [1.807, 2.05) is 6.07 Å². The highest BCUT2D eigenvalue weighted by molar-refractivity contribution is 6.13. The molecule has 1 heterocycles. The van der Waals surface area contributed by atoms with Crippen LogP contribution in [0.2, 0.25) is 0 Å². The third-order valence-electron chi connectivity index (χ3n) is 9.98. The summed E-state index contributed by atoms with van der Waals surface area (Å²) in [5.41, 5.74) is 15.1. The fourth-order valence-corrected chi connectivity index (χ4v) is 7.58. The lowest BCUT2D eigenvalue weighted by atomic mass is 9.89. The van der Waals surface area contributed by atoms with E-state index in [2.05, 4.69) is 199 Å². The van der Waals surface area contributed by atoms with Crippen LogP contribution < -0.4 is 4.90 Å². The Kier molecular flexibility index (Phi) is 8.40. The van der Waals surface area contributed by atoms with Crippen LogP contribution in [-0.2, 0) is 12.8 Å². The molecule has 0 aliphatic rings. The minimum atomic E-state index is 0.802. The SMILES string of the molecule is c1ccc(Cc2ccccc2-c2ccc(N(c3ccccc3-c3ccccc3)c3cccc4oc5ccccc5c34)cc2Cc2ccccc2)cc1. The van der Waals surface area contributed by atoms with E-state index in [1.165, 1.54) is 38.9 Å². The number of hydrogen-bond donors (Lipinski definition) is 0. The van der Waals surface area contributed by atoms with Gasteiger partial charge >= 0.3 is 0 Å². The van der Waals surface area contributed by atoms with E-state index in [9.17, 15) is 0 Å². The number of para-hydroxylation sites is 2. The standard InChI is InChI=1S/C50H37NO/c1-4-17-36(18-5-1)33-39-23-10-11-24-42(39)43-32-31-41(35-40(43)34-37-19-6-2-7-20-37)51(46-27-14-12-25-44(46)38-21-8-3-9-22-38)47-28-16-30-49-50(47)45-26-13-15-29-48(45)52-49/h1-32,35H,33-34H2. The monoisotopic (exact) mass is 667 g/mol. The number of hydrogen-bond acceptors (Lipinski definition) is 2. The summed E-state index contributed by atoms with van der Waals surface area (Å²) in [5, 5.41) is 2.20. The van der Waals surface area contributed by atoms with Crippen LogP contribution in [0.4, 0.5) is 17.1 Å². The van der Waals surface area contributed by atoms with Crippen molar-refractivity contribution in [3.05, 3.63) is 222 Å². The molecule has 52 heavy (non-hydrogen) atoms. The fourth-order valence-electron chi connectivity index (χ4n) is 7.58. The van der Waals surface area contributed by atoms with Gasteiger partial charge in [-0.25, -0.2) is 0 Å². The lowest BCUT2D eigenvalue weighted by molar-refractivity contribution is 0.669. The maximum atomic E-state index is 6.44. The zero-order chi connectivity index (χ0) is 34.7. The Labute approximate surface area is 304 Å². The Bertz CT molecular complexity index is 2620. The highest BCUT2D eigenvalue weighted by atomic mass is 16.3. The van der Waals surface area contributed by atoms with Gasteiger partial charge in [0.2, 0.25) is 0 Å². The molecule has 9 rings (SSSR count). The Hall–Kier alpha value is -6.64. The highest BCUT2D eigenvalue weighted by Crippen LogP contribution is 2.47. The zero-order valence-corrected chi connectivity index (χ0v) is 28.8. The van der Waals surface area contributed by atoms with Crippen LogP contribution in [0.1, 0.15) is 22.3 Å². The smallest absolute Gasteiger partial charge is 0.137 e. The highest BCUT2D eigenvalue weighted by Gasteiger charge is 2.23. The molecule has 0 atom stereocenters. The van der Waals surface area contributed by atoms with Gasteiger partial charge in [-0.2, -0.15) is 0 Å². The summed E-state index contributed by atoms with van der Waals surface area (Å²) in [6, 6.07) is 71.7. The van der Waals surface area contributed by atoms with E-state index in [1.54, 1.807) is 0 Å². The molecule has 0 saturated heterocycles. The molecule has 0 N–H and O–H groups in total. The zero-order valence-electron chi connectivity index (χ0n) is 28.8. The van der Waals surface area contributed by atoms with Gasteiger partial charge in [-0.05, 0) is 88.2 Å². The third kappa shape index (κ3) is 6.05. The van der Waals surface area contributed by atoms with Crippen molar-refractivity contribution in [1.82, 2.24) is 0 Å². The van der Waals surface area contributed by atoms with Crippen molar-refractivity contribution in [2.75, 3.05) is 4.90 Å². The van der Waals surface area contributed by atoms with Crippen LogP contribution in [0.25, 0.3) is 44.2 Å². The van der Waals surface area contributed by atoms with Crippen molar-refractivity contribution in [3.63, 3.8) is 0 Å². The Morgan fingerprint density at radius 1 is 0.385 bits per heavy atom. The van der Waals surface area contributed by atoms with E-state index < -0.39 is 0 Å². The molecule has 0 saturated carbocycles. The van der Waals surface area contributed by atoms with Gasteiger partial charge in [-0.3, -0.25) is 0 Å². The Balaban J connectivity index is 1.29. The van der Waals surface area contributed by atoms with Gasteiger partial charge < -0.3 is 9.32 Å². The summed E-state index contributed by atoms with van der Waals surface area (Å²) in [6.07, 6.45) is 1.67. The molecular weight excluding hydrogens is 631 g/mol. The number of benzene rings is 8. The second-order valence-corrected chi connectivity index (χ2v) is 13.3. The number of furan rings is 1. The number of rotatable bonds is 9. The third-order valence-corrected chi connectivity index (χ3v) is 9.98. The van der Waals surface area contributed by atoms with Crippen LogP contribution in [0.3, 0.4) is 0 Å². The molecule has 0 fully saturated rings. The average Bonchev–Trinajstić information content (AvgIpc) is 3.59. The molecule has 0 aliphatic heterocycles. The van der Waals surface area contributed by atoms with Crippen LogP contribution in [0, 0.1) is 0 Å². The molecule has 1 aromatic heterocycles. The molecular formula is C50H37NO. The fraction of sp³-hybridized carbons (Fsp3) is 0.0400. The van der Waals surface area contributed by atoms with Crippen LogP contribution in [0.15, 0.2) is 205 Å². The predicted molar refractivity (Wildman–Crippen MR) is 218 cm³/mol. The van der Waals surface area contributed by atoms with Crippen molar-refractivity contribution in [2.45, 2.75) is 12.8 Å². The maximum absolute atomic E-state index is 6.44. The number of nitrogens with zero attached hydrogens (tertiary/aromatic N) is 1.